The third kappa shape index (κ3) is 5.66. The van der Waals surface area contributed by atoms with E-state index >= 15 is 0 Å². The Balaban J connectivity index is 1.62. The monoisotopic (exact) mass is 603 g/mol. The highest BCUT2D eigenvalue weighted by atomic mass is 32.1. The number of para-hydroxylation sites is 1. The Hall–Kier alpha value is -4.81. The Bertz CT molecular complexity index is 1950. The number of hydrogen-bond donors (Lipinski definition) is 0. The lowest BCUT2D eigenvalue weighted by Gasteiger charge is -2.26. The molecule has 2 aromatic heterocycles. The zero-order chi connectivity index (χ0) is 30.8. The number of thiazole rings is 1. The average molecular weight is 604 g/mol. The second-order valence-electron chi connectivity index (χ2n) is 9.85. The molecule has 3 heterocycles. The zero-order valence-corrected chi connectivity index (χ0v) is 25.0. The summed E-state index contributed by atoms with van der Waals surface area (Å²) >= 11 is 1.16. The number of furan rings is 1. The van der Waals surface area contributed by atoms with Crippen molar-refractivity contribution in [1.82, 2.24) is 4.57 Å². The fourth-order valence-electron chi connectivity index (χ4n) is 4.95. The van der Waals surface area contributed by atoms with Gasteiger partial charge in [0.2, 0.25) is 0 Å². The van der Waals surface area contributed by atoms with Crippen LogP contribution in [0.15, 0.2) is 74.0 Å². The second-order valence-corrected chi connectivity index (χ2v) is 10.9. The first-order valence-electron chi connectivity index (χ1n) is 13.3. The molecular formula is C31H29N3O8S. The molecule has 0 amide bonds. The Morgan fingerprint density at radius 2 is 1.91 bits per heavy atom. The molecule has 0 aliphatic carbocycles. The summed E-state index contributed by atoms with van der Waals surface area (Å²) in [4.78, 5) is 43.4. The molecule has 222 valence electrons. The SMILES string of the molecule is COCCOC(=O)C1=C(C)N=c2sc(=Cc3ccc(-c4cc(C)c(C)c([N+](=O)[O-])c4)o3)c(=O)n2C1c1ccccc1OC. The van der Waals surface area contributed by atoms with Gasteiger partial charge in [0, 0.05) is 35.9 Å². The molecule has 0 radical (unpaired) electrons. The molecule has 0 N–H and O–H groups in total. The number of esters is 1. The van der Waals surface area contributed by atoms with Gasteiger partial charge in [0.15, 0.2) is 4.80 Å². The molecule has 0 bridgehead atoms. The van der Waals surface area contributed by atoms with Gasteiger partial charge in [-0.25, -0.2) is 9.79 Å². The summed E-state index contributed by atoms with van der Waals surface area (Å²) in [6.07, 6.45) is 1.60. The highest BCUT2D eigenvalue weighted by Crippen LogP contribution is 2.36. The van der Waals surface area contributed by atoms with E-state index in [0.717, 1.165) is 16.9 Å². The van der Waals surface area contributed by atoms with Gasteiger partial charge in [-0.3, -0.25) is 19.5 Å². The lowest BCUT2D eigenvalue weighted by atomic mass is 9.95. The molecule has 0 saturated carbocycles. The molecule has 0 fully saturated rings. The maximum atomic E-state index is 13.9. The van der Waals surface area contributed by atoms with Crippen LogP contribution in [0.5, 0.6) is 5.75 Å². The topological polar surface area (TPSA) is 135 Å². The molecule has 4 aromatic rings. The molecule has 2 aromatic carbocycles. The maximum absolute atomic E-state index is 13.9. The maximum Gasteiger partial charge on any atom is 0.338 e. The van der Waals surface area contributed by atoms with Gasteiger partial charge in [0.05, 0.1) is 34.4 Å². The van der Waals surface area contributed by atoms with Crippen LogP contribution in [0.25, 0.3) is 17.4 Å². The van der Waals surface area contributed by atoms with E-state index in [1.807, 2.05) is 6.07 Å². The van der Waals surface area contributed by atoms with Crippen molar-refractivity contribution in [3.8, 4) is 17.1 Å². The highest BCUT2D eigenvalue weighted by Gasteiger charge is 2.35. The van der Waals surface area contributed by atoms with Gasteiger partial charge in [-0.05, 0) is 50.6 Å². The van der Waals surface area contributed by atoms with Gasteiger partial charge in [-0.15, -0.1) is 0 Å². The Morgan fingerprint density at radius 1 is 1.14 bits per heavy atom. The minimum atomic E-state index is -0.854. The van der Waals surface area contributed by atoms with Crippen LogP contribution in [0.2, 0.25) is 0 Å². The molecule has 11 nitrogen and oxygen atoms in total. The number of fused-ring (bicyclic) bond motifs is 1. The van der Waals surface area contributed by atoms with Crippen LogP contribution in [0, 0.1) is 24.0 Å². The number of allylic oxidation sites excluding steroid dienone is 1. The van der Waals surface area contributed by atoms with Crippen molar-refractivity contribution in [2.75, 3.05) is 27.4 Å². The molecule has 1 aliphatic heterocycles. The van der Waals surface area contributed by atoms with E-state index in [9.17, 15) is 19.7 Å². The molecule has 0 saturated heterocycles. The quantitative estimate of drug-likeness (QED) is 0.120. The minimum Gasteiger partial charge on any atom is -0.496 e. The Kier molecular flexibility index (Phi) is 8.42. The molecular weight excluding hydrogens is 574 g/mol. The van der Waals surface area contributed by atoms with Gasteiger partial charge in [0.1, 0.15) is 29.9 Å². The molecule has 1 aliphatic rings. The molecule has 43 heavy (non-hydrogen) atoms. The van der Waals surface area contributed by atoms with Crippen LogP contribution in [0.4, 0.5) is 5.69 Å². The number of methoxy groups -OCH3 is 2. The number of rotatable bonds is 9. The van der Waals surface area contributed by atoms with Crippen molar-refractivity contribution in [3.63, 3.8) is 0 Å². The van der Waals surface area contributed by atoms with Crippen molar-refractivity contribution >= 4 is 29.1 Å². The lowest BCUT2D eigenvalue weighted by molar-refractivity contribution is -0.385. The number of ether oxygens (including phenoxy) is 3. The normalized spacial score (nSPS) is 14.8. The summed E-state index contributed by atoms with van der Waals surface area (Å²) in [5.74, 6) is 0.692. The fourth-order valence-corrected chi connectivity index (χ4v) is 5.98. The number of hydrogen-bond acceptors (Lipinski definition) is 10. The number of aryl methyl sites for hydroxylation is 1. The summed E-state index contributed by atoms with van der Waals surface area (Å²) in [7, 11) is 3.03. The van der Waals surface area contributed by atoms with E-state index in [1.165, 1.54) is 24.9 Å². The standard InChI is InChI=1S/C31H29N3O8S/c1-17-14-20(15-23(18(17)2)34(37)38)24-11-10-21(42-24)16-26-29(35)33-28(22-8-6-7-9-25(22)40-5)27(19(3)32-31(33)43-26)30(36)41-13-12-39-4/h6-11,14-16,28H,12-13H2,1-5H3. The average Bonchev–Trinajstić information content (AvgIpc) is 3.57. The smallest absolute Gasteiger partial charge is 0.338 e. The first-order valence-corrected chi connectivity index (χ1v) is 14.1. The fraction of sp³-hybridized carbons (Fsp3) is 0.258. The number of nitrogens with zero attached hydrogens (tertiary/aromatic N) is 3. The van der Waals surface area contributed by atoms with Gasteiger partial charge in [0.25, 0.3) is 11.2 Å². The molecule has 12 heteroatoms. The second kappa shape index (κ2) is 12.2. The first kappa shape index (κ1) is 29.7. The third-order valence-corrected chi connectivity index (χ3v) is 8.20. The number of carbonyl (C=O) groups is 1. The number of benzene rings is 2. The van der Waals surface area contributed by atoms with Gasteiger partial charge in [-0.1, -0.05) is 29.5 Å². The summed E-state index contributed by atoms with van der Waals surface area (Å²) in [5, 5.41) is 11.5. The highest BCUT2D eigenvalue weighted by molar-refractivity contribution is 7.07. The van der Waals surface area contributed by atoms with Gasteiger partial charge < -0.3 is 18.6 Å². The number of carbonyl (C=O) groups excluding carboxylic acids is 1. The predicted molar refractivity (Wildman–Crippen MR) is 160 cm³/mol. The van der Waals surface area contributed by atoms with E-state index in [2.05, 4.69) is 4.99 Å². The third-order valence-electron chi connectivity index (χ3n) is 7.22. The van der Waals surface area contributed by atoms with Crippen molar-refractivity contribution in [2.24, 2.45) is 4.99 Å². The van der Waals surface area contributed by atoms with Crippen LogP contribution < -0.4 is 19.6 Å². The van der Waals surface area contributed by atoms with Crippen LogP contribution in [-0.2, 0) is 14.3 Å². The van der Waals surface area contributed by atoms with Crippen LogP contribution in [0.3, 0.4) is 0 Å². The van der Waals surface area contributed by atoms with Gasteiger partial charge in [-0.2, -0.15) is 0 Å². The van der Waals surface area contributed by atoms with Crippen LogP contribution in [0.1, 0.15) is 35.4 Å². The number of nitro benzene ring substituents is 1. The summed E-state index contributed by atoms with van der Waals surface area (Å²) < 4.78 is 23.9. The molecule has 5 rings (SSSR count). The largest absolute Gasteiger partial charge is 0.496 e. The summed E-state index contributed by atoms with van der Waals surface area (Å²) in [5.41, 5.74) is 2.77. The minimum absolute atomic E-state index is 0.00419. The lowest BCUT2D eigenvalue weighted by Crippen LogP contribution is -2.40. The Labute approximate surface area is 250 Å². The Morgan fingerprint density at radius 3 is 2.63 bits per heavy atom. The van der Waals surface area contributed by atoms with Crippen molar-refractivity contribution in [3.05, 3.63) is 112 Å². The summed E-state index contributed by atoms with van der Waals surface area (Å²) in [6, 6.07) is 13.0. The van der Waals surface area contributed by atoms with Crippen molar-refractivity contribution in [2.45, 2.75) is 26.8 Å². The van der Waals surface area contributed by atoms with E-state index in [-0.39, 0.29) is 30.0 Å². The molecule has 1 unspecified atom stereocenters. The molecule has 0 spiro atoms. The van der Waals surface area contributed by atoms with E-state index in [0.29, 0.717) is 49.0 Å². The van der Waals surface area contributed by atoms with E-state index in [4.69, 9.17) is 18.6 Å². The van der Waals surface area contributed by atoms with Crippen molar-refractivity contribution < 1.29 is 28.3 Å². The van der Waals surface area contributed by atoms with Crippen LogP contribution >= 0.6 is 11.3 Å². The first-order chi connectivity index (χ1) is 20.6. The van der Waals surface area contributed by atoms with Crippen molar-refractivity contribution in [1.29, 1.82) is 0 Å². The van der Waals surface area contributed by atoms with Gasteiger partial charge >= 0.3 is 5.97 Å². The predicted octanol–water partition coefficient (Wildman–Crippen LogP) is 4.22. The summed E-state index contributed by atoms with van der Waals surface area (Å²) in [6.45, 7) is 5.47. The van der Waals surface area contributed by atoms with E-state index in [1.54, 1.807) is 63.2 Å². The van der Waals surface area contributed by atoms with E-state index < -0.39 is 16.9 Å². The number of nitro groups is 1. The van der Waals surface area contributed by atoms with Crippen LogP contribution in [-0.4, -0.2) is 42.9 Å². The molecule has 1 atom stereocenters. The zero-order valence-electron chi connectivity index (χ0n) is 24.2. The number of aromatic nitrogens is 1.